The molecule has 0 radical (unpaired) electrons. The van der Waals surface area contributed by atoms with Crippen LogP contribution in [0.25, 0.3) is 0 Å². The first kappa shape index (κ1) is 11.3. The highest BCUT2D eigenvalue weighted by Crippen LogP contribution is 2.21. The third-order valence-electron chi connectivity index (χ3n) is 2.55. The lowest BCUT2D eigenvalue weighted by Gasteiger charge is -2.31. The molecule has 7 heteroatoms. The molecule has 0 N–H and O–H groups in total. The fourth-order valence-electron chi connectivity index (χ4n) is 1.51. The number of esters is 1. The zero-order valence-corrected chi connectivity index (χ0v) is 10.2. The van der Waals surface area contributed by atoms with E-state index in [9.17, 15) is 4.79 Å². The molecule has 0 bridgehead atoms. The van der Waals surface area contributed by atoms with Crippen molar-refractivity contribution in [1.82, 2.24) is 15.1 Å². The first-order valence-corrected chi connectivity index (χ1v) is 5.87. The minimum Gasteiger partial charge on any atom is -0.464 e. The number of carbonyl (C=O) groups excluding carboxylic acids is 1. The van der Waals surface area contributed by atoms with Crippen LogP contribution in [-0.4, -0.2) is 61.4 Å². The van der Waals surface area contributed by atoms with E-state index < -0.39 is 5.97 Å². The lowest BCUT2D eigenvalue weighted by molar-refractivity contribution is 0.0599. The van der Waals surface area contributed by atoms with Gasteiger partial charge in [0.05, 0.1) is 7.11 Å². The monoisotopic (exact) mass is 242 g/mol. The summed E-state index contributed by atoms with van der Waals surface area (Å²) in [6.45, 7) is 3.86. The Morgan fingerprint density at radius 1 is 1.31 bits per heavy atom. The Balaban J connectivity index is 2.04. The number of likely N-dealkylation sites (N-methyl/N-ethyl adjacent to an activating group) is 1. The van der Waals surface area contributed by atoms with Crippen molar-refractivity contribution >= 4 is 22.4 Å². The summed E-state index contributed by atoms with van der Waals surface area (Å²) in [6, 6.07) is 0. The molecule has 1 aliphatic heterocycles. The SMILES string of the molecule is COC(=O)c1nnc(N2CCN(C)CC2)s1. The summed E-state index contributed by atoms with van der Waals surface area (Å²) >= 11 is 1.28. The average Bonchev–Trinajstić information content (AvgIpc) is 2.78. The van der Waals surface area contributed by atoms with Crippen LogP contribution in [0.5, 0.6) is 0 Å². The van der Waals surface area contributed by atoms with Gasteiger partial charge in [-0.05, 0) is 7.05 Å². The van der Waals surface area contributed by atoms with Crippen molar-refractivity contribution < 1.29 is 9.53 Å². The first-order valence-electron chi connectivity index (χ1n) is 5.06. The zero-order chi connectivity index (χ0) is 11.5. The Morgan fingerprint density at radius 3 is 2.62 bits per heavy atom. The van der Waals surface area contributed by atoms with E-state index >= 15 is 0 Å². The topological polar surface area (TPSA) is 58.6 Å². The van der Waals surface area contributed by atoms with Crippen LogP contribution < -0.4 is 4.90 Å². The Bertz CT molecular complexity index is 373. The molecule has 1 aliphatic rings. The van der Waals surface area contributed by atoms with Gasteiger partial charge in [0.1, 0.15) is 0 Å². The maximum absolute atomic E-state index is 11.2. The number of hydrogen-bond acceptors (Lipinski definition) is 7. The van der Waals surface area contributed by atoms with E-state index in [1.54, 1.807) is 0 Å². The molecule has 2 rings (SSSR count). The van der Waals surface area contributed by atoms with E-state index in [0.29, 0.717) is 5.01 Å². The Morgan fingerprint density at radius 2 is 2.00 bits per heavy atom. The van der Waals surface area contributed by atoms with Crippen molar-refractivity contribution in [1.29, 1.82) is 0 Å². The lowest BCUT2D eigenvalue weighted by atomic mass is 10.3. The van der Waals surface area contributed by atoms with Gasteiger partial charge in [-0.1, -0.05) is 11.3 Å². The van der Waals surface area contributed by atoms with E-state index in [2.05, 4.69) is 31.8 Å². The molecule has 0 aliphatic carbocycles. The molecule has 1 aromatic heterocycles. The second kappa shape index (κ2) is 4.75. The minimum atomic E-state index is -0.419. The van der Waals surface area contributed by atoms with E-state index in [4.69, 9.17) is 0 Å². The van der Waals surface area contributed by atoms with E-state index in [0.717, 1.165) is 31.3 Å². The highest BCUT2D eigenvalue weighted by atomic mass is 32.1. The summed E-state index contributed by atoms with van der Waals surface area (Å²) in [5.74, 6) is -0.419. The Labute approximate surface area is 97.8 Å². The first-order chi connectivity index (χ1) is 7.70. The third-order valence-corrected chi connectivity index (χ3v) is 3.51. The number of carbonyl (C=O) groups is 1. The summed E-state index contributed by atoms with van der Waals surface area (Å²) < 4.78 is 4.60. The maximum atomic E-state index is 11.2. The molecule has 2 heterocycles. The van der Waals surface area contributed by atoms with Gasteiger partial charge in [-0.15, -0.1) is 10.2 Å². The van der Waals surface area contributed by atoms with E-state index in [-0.39, 0.29) is 0 Å². The van der Waals surface area contributed by atoms with E-state index in [1.807, 2.05) is 0 Å². The number of rotatable bonds is 2. The number of aromatic nitrogens is 2. The Hall–Kier alpha value is -1.21. The molecule has 88 valence electrons. The predicted molar refractivity (Wildman–Crippen MR) is 61.0 cm³/mol. The molecule has 16 heavy (non-hydrogen) atoms. The van der Waals surface area contributed by atoms with Crippen molar-refractivity contribution in [2.45, 2.75) is 0 Å². The molecule has 1 fully saturated rings. The summed E-state index contributed by atoms with van der Waals surface area (Å²) in [7, 11) is 3.44. The molecule has 1 saturated heterocycles. The third kappa shape index (κ3) is 2.30. The molecule has 0 atom stereocenters. The highest BCUT2D eigenvalue weighted by molar-refractivity contribution is 7.17. The predicted octanol–water partition coefficient (Wildman–Crippen LogP) is 0.0765. The van der Waals surface area contributed by atoms with Crippen LogP contribution in [0.3, 0.4) is 0 Å². The van der Waals surface area contributed by atoms with Gasteiger partial charge < -0.3 is 14.5 Å². The van der Waals surface area contributed by atoms with E-state index in [1.165, 1.54) is 18.4 Å². The quantitative estimate of drug-likeness (QED) is 0.684. The zero-order valence-electron chi connectivity index (χ0n) is 9.34. The van der Waals surface area contributed by atoms with Crippen molar-refractivity contribution in [2.75, 3.05) is 45.2 Å². The Kier molecular flexibility index (Phi) is 3.35. The average molecular weight is 242 g/mol. The number of piperazine rings is 1. The smallest absolute Gasteiger partial charge is 0.369 e. The largest absolute Gasteiger partial charge is 0.464 e. The molecule has 0 amide bonds. The standard InChI is InChI=1S/C9H14N4O2S/c1-12-3-5-13(6-4-12)9-11-10-7(16-9)8(14)15-2/h3-6H2,1-2H3. The van der Waals surface area contributed by atoms with Crippen molar-refractivity contribution in [3.63, 3.8) is 0 Å². The molecule has 0 spiro atoms. The number of nitrogens with zero attached hydrogens (tertiary/aromatic N) is 4. The van der Waals surface area contributed by atoms with Gasteiger partial charge in [-0.25, -0.2) is 4.79 Å². The maximum Gasteiger partial charge on any atom is 0.369 e. The summed E-state index contributed by atoms with van der Waals surface area (Å²) in [5.41, 5.74) is 0. The molecular formula is C9H14N4O2S. The van der Waals surface area contributed by atoms with Gasteiger partial charge in [-0.2, -0.15) is 0 Å². The summed E-state index contributed by atoms with van der Waals surface area (Å²) in [4.78, 5) is 15.6. The van der Waals surface area contributed by atoms with Gasteiger partial charge in [0.25, 0.3) is 0 Å². The normalized spacial score (nSPS) is 17.5. The van der Waals surface area contributed by atoms with Crippen LogP contribution in [0, 0.1) is 0 Å². The summed E-state index contributed by atoms with van der Waals surface area (Å²) in [6.07, 6.45) is 0. The number of methoxy groups -OCH3 is 1. The fourth-order valence-corrected chi connectivity index (χ4v) is 2.33. The van der Waals surface area contributed by atoms with Gasteiger partial charge >= 0.3 is 5.97 Å². The number of anilines is 1. The van der Waals surface area contributed by atoms with Gasteiger partial charge in [0.15, 0.2) is 0 Å². The lowest BCUT2D eigenvalue weighted by Crippen LogP contribution is -2.44. The number of hydrogen-bond donors (Lipinski definition) is 0. The molecule has 1 aromatic rings. The fraction of sp³-hybridized carbons (Fsp3) is 0.667. The van der Waals surface area contributed by atoms with Crippen LogP contribution in [0.15, 0.2) is 0 Å². The minimum absolute atomic E-state index is 0.316. The summed E-state index contributed by atoms with van der Waals surface area (Å²) in [5, 5.41) is 8.94. The molecule has 6 nitrogen and oxygen atoms in total. The van der Waals surface area contributed by atoms with Crippen LogP contribution in [-0.2, 0) is 4.74 Å². The van der Waals surface area contributed by atoms with Gasteiger partial charge in [0, 0.05) is 26.2 Å². The van der Waals surface area contributed by atoms with Crippen LogP contribution >= 0.6 is 11.3 Å². The van der Waals surface area contributed by atoms with Crippen LogP contribution in [0.4, 0.5) is 5.13 Å². The van der Waals surface area contributed by atoms with Crippen molar-refractivity contribution in [3.8, 4) is 0 Å². The van der Waals surface area contributed by atoms with Gasteiger partial charge in [-0.3, -0.25) is 0 Å². The highest BCUT2D eigenvalue weighted by Gasteiger charge is 2.20. The molecule has 0 saturated carbocycles. The second-order valence-corrected chi connectivity index (χ2v) is 4.63. The van der Waals surface area contributed by atoms with Crippen LogP contribution in [0.2, 0.25) is 0 Å². The molecule has 0 aromatic carbocycles. The molecular weight excluding hydrogens is 228 g/mol. The van der Waals surface area contributed by atoms with Crippen molar-refractivity contribution in [2.24, 2.45) is 0 Å². The molecule has 0 unspecified atom stereocenters. The number of ether oxygens (including phenoxy) is 1. The van der Waals surface area contributed by atoms with Gasteiger partial charge in [0.2, 0.25) is 10.1 Å². The van der Waals surface area contributed by atoms with Crippen molar-refractivity contribution in [3.05, 3.63) is 5.01 Å². The second-order valence-electron chi connectivity index (χ2n) is 3.67. The van der Waals surface area contributed by atoms with Crippen LogP contribution in [0.1, 0.15) is 9.80 Å².